The lowest BCUT2D eigenvalue weighted by Crippen LogP contribution is -1.98. The summed E-state index contributed by atoms with van der Waals surface area (Å²) in [6.45, 7) is 2.96. The number of halogens is 1. The molecule has 1 aromatic heterocycles. The van der Waals surface area contributed by atoms with Crippen LogP contribution in [0.3, 0.4) is 0 Å². The smallest absolute Gasteiger partial charge is 0.113 e. The molecule has 0 atom stereocenters. The Morgan fingerprint density at radius 3 is 2.63 bits per heavy atom. The quantitative estimate of drug-likeness (QED) is 0.715. The first-order valence-corrected chi connectivity index (χ1v) is 7.90. The molecule has 4 heteroatoms. The van der Waals surface area contributed by atoms with Gasteiger partial charge in [0.05, 0.1) is 12.7 Å². The number of benzene rings is 1. The van der Waals surface area contributed by atoms with Crippen LogP contribution in [0.1, 0.15) is 36.8 Å². The van der Waals surface area contributed by atoms with E-state index in [4.69, 9.17) is 11.6 Å². The largest absolute Gasteiger partial charge is 0.379 e. The number of anilines is 1. The highest BCUT2D eigenvalue weighted by atomic mass is 35.5. The molecule has 0 saturated carbocycles. The molecule has 0 bridgehead atoms. The third-order valence-corrected chi connectivity index (χ3v) is 4.11. The van der Waals surface area contributed by atoms with Crippen molar-refractivity contribution in [1.82, 2.24) is 4.98 Å². The number of hydrogen-bond acceptors (Lipinski definition) is 3. The van der Waals surface area contributed by atoms with Crippen LogP contribution < -0.4 is 5.32 Å². The molecule has 102 valence electrons. The van der Waals surface area contributed by atoms with Crippen LogP contribution in [-0.4, -0.2) is 4.98 Å². The molecule has 1 heterocycles. The minimum absolute atomic E-state index is 0.729. The van der Waals surface area contributed by atoms with Crippen LogP contribution in [0.15, 0.2) is 30.5 Å². The number of unbranched alkanes of at least 4 members (excludes halogenated alkanes) is 2. The molecule has 0 radical (unpaired) electrons. The summed E-state index contributed by atoms with van der Waals surface area (Å²) in [6, 6.07) is 8.67. The molecular formula is C15H19ClN2S. The molecule has 1 aromatic carbocycles. The van der Waals surface area contributed by atoms with Crippen molar-refractivity contribution < 1.29 is 0 Å². The zero-order valence-corrected chi connectivity index (χ0v) is 12.7. The normalized spacial score (nSPS) is 10.6. The highest BCUT2D eigenvalue weighted by Crippen LogP contribution is 2.19. The first kappa shape index (κ1) is 14.4. The van der Waals surface area contributed by atoms with E-state index in [0.29, 0.717) is 0 Å². The van der Waals surface area contributed by atoms with Gasteiger partial charge in [-0.1, -0.05) is 43.5 Å². The Morgan fingerprint density at radius 2 is 2.00 bits per heavy atom. The van der Waals surface area contributed by atoms with Gasteiger partial charge in [-0.25, -0.2) is 4.98 Å². The minimum Gasteiger partial charge on any atom is -0.379 e. The van der Waals surface area contributed by atoms with Crippen LogP contribution >= 0.6 is 22.9 Å². The number of aryl methyl sites for hydroxylation is 1. The van der Waals surface area contributed by atoms with E-state index in [1.165, 1.54) is 42.6 Å². The minimum atomic E-state index is 0.729. The Bertz CT molecular complexity index is 493. The van der Waals surface area contributed by atoms with Gasteiger partial charge in [0.2, 0.25) is 0 Å². The van der Waals surface area contributed by atoms with E-state index in [0.717, 1.165) is 21.6 Å². The average Bonchev–Trinajstić information content (AvgIpc) is 2.84. The lowest BCUT2D eigenvalue weighted by molar-refractivity contribution is 0.717. The Kier molecular flexibility index (Phi) is 5.67. The molecule has 0 unspecified atom stereocenters. The molecule has 0 amide bonds. The van der Waals surface area contributed by atoms with Crippen LogP contribution in [0.2, 0.25) is 4.34 Å². The molecule has 19 heavy (non-hydrogen) atoms. The molecule has 2 rings (SSSR count). The fraction of sp³-hybridized carbons (Fsp3) is 0.400. The highest BCUT2D eigenvalue weighted by Gasteiger charge is 2.00. The van der Waals surface area contributed by atoms with Crippen molar-refractivity contribution in [2.75, 3.05) is 5.32 Å². The van der Waals surface area contributed by atoms with Gasteiger partial charge in [0.15, 0.2) is 0 Å². The molecular weight excluding hydrogens is 276 g/mol. The number of nitrogens with zero attached hydrogens (tertiary/aromatic N) is 1. The lowest BCUT2D eigenvalue weighted by atomic mass is 10.1. The summed E-state index contributed by atoms with van der Waals surface area (Å²) in [5, 5.41) is 4.37. The molecule has 0 aliphatic rings. The second-order valence-corrected chi connectivity index (χ2v) is 6.31. The molecule has 0 fully saturated rings. The van der Waals surface area contributed by atoms with Gasteiger partial charge in [0.1, 0.15) is 9.34 Å². The van der Waals surface area contributed by atoms with Crippen molar-refractivity contribution >= 4 is 28.6 Å². The molecule has 1 N–H and O–H groups in total. The Balaban J connectivity index is 1.81. The number of thiazole rings is 1. The van der Waals surface area contributed by atoms with Crippen LogP contribution in [-0.2, 0) is 13.0 Å². The Hall–Kier alpha value is -1.06. The second-order valence-electron chi connectivity index (χ2n) is 4.57. The van der Waals surface area contributed by atoms with Gasteiger partial charge in [0, 0.05) is 5.69 Å². The van der Waals surface area contributed by atoms with Crippen LogP contribution in [0, 0.1) is 0 Å². The van der Waals surface area contributed by atoms with Gasteiger partial charge >= 0.3 is 0 Å². The summed E-state index contributed by atoms with van der Waals surface area (Å²) in [6.07, 6.45) is 6.73. The first-order valence-electron chi connectivity index (χ1n) is 6.71. The number of rotatable bonds is 7. The van der Waals surface area contributed by atoms with Crippen LogP contribution in [0.4, 0.5) is 5.69 Å². The molecule has 0 aliphatic heterocycles. The highest BCUT2D eigenvalue weighted by molar-refractivity contribution is 7.15. The van der Waals surface area contributed by atoms with Crippen molar-refractivity contribution in [2.24, 2.45) is 0 Å². The first-order chi connectivity index (χ1) is 9.28. The van der Waals surface area contributed by atoms with E-state index in [1.807, 2.05) is 0 Å². The predicted molar refractivity (Wildman–Crippen MR) is 84.1 cm³/mol. The van der Waals surface area contributed by atoms with Crippen molar-refractivity contribution in [3.8, 4) is 0 Å². The van der Waals surface area contributed by atoms with Gasteiger partial charge < -0.3 is 5.32 Å². The summed E-state index contributed by atoms with van der Waals surface area (Å²) < 4.78 is 0.739. The van der Waals surface area contributed by atoms with Gasteiger partial charge in [0.25, 0.3) is 0 Å². The molecule has 2 nitrogen and oxygen atoms in total. The Labute approximate surface area is 123 Å². The number of aromatic nitrogens is 1. The summed E-state index contributed by atoms with van der Waals surface area (Å²) in [5.41, 5.74) is 2.54. The zero-order chi connectivity index (χ0) is 13.5. The van der Waals surface area contributed by atoms with Crippen molar-refractivity contribution in [3.63, 3.8) is 0 Å². The van der Waals surface area contributed by atoms with Crippen molar-refractivity contribution in [1.29, 1.82) is 0 Å². The standard InChI is InChI=1S/C15H19ClN2S/c1-2-3-4-5-12-6-8-13(9-7-12)17-11-15-18-10-14(16)19-15/h6-10,17H,2-5,11H2,1H3. The fourth-order valence-corrected chi connectivity index (χ4v) is 2.81. The second kappa shape index (κ2) is 7.51. The monoisotopic (exact) mass is 294 g/mol. The summed E-state index contributed by atoms with van der Waals surface area (Å²) in [7, 11) is 0. The van der Waals surface area contributed by atoms with Gasteiger partial charge in [-0.3, -0.25) is 0 Å². The molecule has 0 saturated heterocycles. The van der Waals surface area contributed by atoms with E-state index in [-0.39, 0.29) is 0 Å². The maximum absolute atomic E-state index is 5.85. The van der Waals surface area contributed by atoms with Crippen LogP contribution in [0.25, 0.3) is 0 Å². The third kappa shape index (κ3) is 4.84. The average molecular weight is 295 g/mol. The summed E-state index contributed by atoms with van der Waals surface area (Å²) in [4.78, 5) is 4.22. The molecule has 0 aliphatic carbocycles. The van der Waals surface area contributed by atoms with Gasteiger partial charge in [-0.15, -0.1) is 11.3 Å². The number of nitrogens with one attached hydrogen (secondary N) is 1. The fourth-order valence-electron chi connectivity index (χ4n) is 1.92. The topological polar surface area (TPSA) is 24.9 Å². The summed E-state index contributed by atoms with van der Waals surface area (Å²) in [5.74, 6) is 0. The molecule has 0 spiro atoms. The molecule has 2 aromatic rings. The van der Waals surface area contributed by atoms with Gasteiger partial charge in [-0.05, 0) is 30.5 Å². The van der Waals surface area contributed by atoms with Gasteiger partial charge in [-0.2, -0.15) is 0 Å². The third-order valence-electron chi connectivity index (χ3n) is 2.99. The number of hydrogen-bond donors (Lipinski definition) is 1. The van der Waals surface area contributed by atoms with Crippen molar-refractivity contribution in [2.45, 2.75) is 39.2 Å². The van der Waals surface area contributed by atoms with Crippen molar-refractivity contribution in [3.05, 3.63) is 45.4 Å². The van der Waals surface area contributed by atoms with E-state index >= 15 is 0 Å². The Morgan fingerprint density at radius 1 is 1.21 bits per heavy atom. The predicted octanol–water partition coefficient (Wildman–Crippen LogP) is 5.14. The summed E-state index contributed by atoms with van der Waals surface area (Å²) >= 11 is 7.37. The van der Waals surface area contributed by atoms with E-state index < -0.39 is 0 Å². The van der Waals surface area contributed by atoms with E-state index in [9.17, 15) is 0 Å². The lowest BCUT2D eigenvalue weighted by Gasteiger charge is -2.06. The zero-order valence-electron chi connectivity index (χ0n) is 11.2. The SMILES string of the molecule is CCCCCc1ccc(NCc2ncc(Cl)s2)cc1. The maximum Gasteiger partial charge on any atom is 0.113 e. The van der Waals surface area contributed by atoms with E-state index in [1.54, 1.807) is 6.20 Å². The maximum atomic E-state index is 5.85. The van der Waals surface area contributed by atoms with E-state index in [2.05, 4.69) is 41.5 Å². The van der Waals surface area contributed by atoms with Crippen LogP contribution in [0.5, 0.6) is 0 Å².